The molecule has 1 aliphatic heterocycles. The van der Waals surface area contributed by atoms with Gasteiger partial charge in [-0.05, 0) is 6.07 Å². The Labute approximate surface area is 82.9 Å². The molecular weight excluding hydrogens is 207 g/mol. The first-order chi connectivity index (χ1) is 7.01. The maximum absolute atomic E-state index is 12.6. The highest BCUT2D eigenvalue weighted by atomic mass is 19.4. The van der Waals surface area contributed by atoms with Gasteiger partial charge >= 0.3 is 11.8 Å². The van der Waals surface area contributed by atoms with Gasteiger partial charge in [0.2, 0.25) is 0 Å². The van der Waals surface area contributed by atoms with Gasteiger partial charge in [-0.25, -0.2) is 0 Å². The lowest BCUT2D eigenvalue weighted by Gasteiger charge is -2.15. The Bertz CT molecular complexity index is 464. The third kappa shape index (κ3) is 1.28. The first-order valence-corrected chi connectivity index (χ1v) is 4.02. The van der Waals surface area contributed by atoms with Crippen LogP contribution in [0.5, 0.6) is 0 Å². The third-order valence-electron chi connectivity index (χ3n) is 2.12. The van der Waals surface area contributed by atoms with Crippen molar-refractivity contribution in [3.8, 4) is 6.07 Å². The second kappa shape index (κ2) is 2.79. The molecular formula is C9H4F3N3. The van der Waals surface area contributed by atoms with Crippen molar-refractivity contribution < 1.29 is 13.2 Å². The predicted molar refractivity (Wildman–Crippen MR) is 43.7 cm³/mol. The van der Waals surface area contributed by atoms with Gasteiger partial charge in [0.15, 0.2) is 0 Å². The Hall–Kier alpha value is -1.90. The van der Waals surface area contributed by atoms with E-state index in [2.05, 4.69) is 10.2 Å². The maximum Gasteiger partial charge on any atom is 0.442 e. The van der Waals surface area contributed by atoms with Crippen LogP contribution in [0.25, 0.3) is 0 Å². The number of nitrogens with zero attached hydrogens (tertiary/aromatic N) is 3. The molecule has 0 saturated carbocycles. The lowest BCUT2D eigenvalue weighted by molar-refractivity contribution is -0.166. The summed E-state index contributed by atoms with van der Waals surface area (Å²) in [6.45, 7) is 0. The second-order valence-corrected chi connectivity index (χ2v) is 3.03. The first-order valence-electron chi connectivity index (χ1n) is 4.02. The van der Waals surface area contributed by atoms with Crippen molar-refractivity contribution in [1.29, 1.82) is 5.26 Å². The summed E-state index contributed by atoms with van der Waals surface area (Å²) in [7, 11) is 0. The molecule has 1 aliphatic rings. The monoisotopic (exact) mass is 211 g/mol. The number of nitriles is 1. The maximum atomic E-state index is 12.6. The van der Waals surface area contributed by atoms with Crippen molar-refractivity contribution in [2.45, 2.75) is 11.8 Å². The zero-order valence-electron chi connectivity index (χ0n) is 7.28. The van der Waals surface area contributed by atoms with E-state index >= 15 is 0 Å². The summed E-state index contributed by atoms with van der Waals surface area (Å²) in [6, 6.07) is 7.14. The van der Waals surface area contributed by atoms with Gasteiger partial charge in [0, 0.05) is 5.56 Å². The standard InChI is InChI=1S/C9H4F3N3/c10-9(11,12)8(14-15-8)7-4-2-1-3-6(7)5-13/h1-4H. The molecule has 0 saturated heterocycles. The zero-order valence-corrected chi connectivity index (χ0v) is 7.28. The largest absolute Gasteiger partial charge is 0.442 e. The Balaban J connectivity index is 2.52. The topological polar surface area (TPSA) is 48.5 Å². The van der Waals surface area contributed by atoms with E-state index in [1.54, 1.807) is 6.07 Å². The van der Waals surface area contributed by atoms with Gasteiger partial charge < -0.3 is 0 Å². The molecule has 15 heavy (non-hydrogen) atoms. The first kappa shape index (κ1) is 9.65. The number of hydrogen-bond acceptors (Lipinski definition) is 3. The molecule has 0 radical (unpaired) electrons. The van der Waals surface area contributed by atoms with E-state index in [0.717, 1.165) is 0 Å². The van der Waals surface area contributed by atoms with Gasteiger partial charge in [0.05, 0.1) is 11.6 Å². The highest BCUT2D eigenvalue weighted by Gasteiger charge is 2.65. The Morgan fingerprint density at radius 1 is 1.20 bits per heavy atom. The minimum Gasteiger partial charge on any atom is -0.192 e. The average molecular weight is 211 g/mol. The van der Waals surface area contributed by atoms with E-state index in [9.17, 15) is 13.2 Å². The molecule has 0 fully saturated rings. The van der Waals surface area contributed by atoms with E-state index < -0.39 is 11.8 Å². The molecule has 0 unspecified atom stereocenters. The van der Waals surface area contributed by atoms with E-state index in [0.29, 0.717) is 0 Å². The summed E-state index contributed by atoms with van der Waals surface area (Å²) in [5.41, 5.74) is -2.76. The molecule has 0 bridgehead atoms. The van der Waals surface area contributed by atoms with E-state index in [1.807, 2.05) is 0 Å². The fourth-order valence-corrected chi connectivity index (χ4v) is 1.31. The smallest absolute Gasteiger partial charge is 0.192 e. The molecule has 0 N–H and O–H groups in total. The van der Waals surface area contributed by atoms with Crippen molar-refractivity contribution in [2.24, 2.45) is 10.2 Å². The molecule has 76 valence electrons. The fraction of sp³-hybridized carbons (Fsp3) is 0.222. The van der Waals surface area contributed by atoms with Crippen molar-refractivity contribution in [3.05, 3.63) is 35.4 Å². The summed E-state index contributed by atoms with van der Waals surface area (Å²) >= 11 is 0. The van der Waals surface area contributed by atoms with Crippen molar-refractivity contribution in [3.63, 3.8) is 0 Å². The van der Waals surface area contributed by atoms with Crippen LogP contribution in [0.4, 0.5) is 13.2 Å². The number of rotatable bonds is 1. The van der Waals surface area contributed by atoms with Gasteiger partial charge in [-0.1, -0.05) is 18.2 Å². The van der Waals surface area contributed by atoms with Crippen LogP contribution in [-0.4, -0.2) is 6.18 Å². The van der Waals surface area contributed by atoms with Crippen molar-refractivity contribution >= 4 is 0 Å². The predicted octanol–water partition coefficient (Wildman–Crippen LogP) is 2.74. The van der Waals surface area contributed by atoms with Gasteiger partial charge in [-0.15, -0.1) is 10.2 Å². The van der Waals surface area contributed by atoms with Gasteiger partial charge in [0.1, 0.15) is 0 Å². The molecule has 1 aromatic rings. The lowest BCUT2D eigenvalue weighted by Crippen LogP contribution is -2.30. The van der Waals surface area contributed by atoms with Crippen LogP contribution in [-0.2, 0) is 5.66 Å². The van der Waals surface area contributed by atoms with Gasteiger partial charge in [-0.2, -0.15) is 18.4 Å². The molecule has 0 aliphatic carbocycles. The van der Waals surface area contributed by atoms with Crippen LogP contribution in [0.1, 0.15) is 11.1 Å². The molecule has 0 atom stereocenters. The van der Waals surface area contributed by atoms with Crippen LogP contribution in [0.15, 0.2) is 34.5 Å². The summed E-state index contributed by atoms with van der Waals surface area (Å²) in [5, 5.41) is 14.7. The third-order valence-corrected chi connectivity index (χ3v) is 2.12. The van der Waals surface area contributed by atoms with Crippen molar-refractivity contribution in [2.75, 3.05) is 0 Å². The van der Waals surface area contributed by atoms with Crippen LogP contribution < -0.4 is 0 Å². The fourth-order valence-electron chi connectivity index (χ4n) is 1.31. The summed E-state index contributed by atoms with van der Waals surface area (Å²) in [5.74, 6) is 0. The molecule has 6 heteroatoms. The zero-order chi connectivity index (χ0) is 11.1. The molecule has 1 heterocycles. The summed E-state index contributed by atoms with van der Waals surface area (Å²) in [4.78, 5) is 0. The van der Waals surface area contributed by atoms with Crippen LogP contribution in [0, 0.1) is 11.3 Å². The van der Waals surface area contributed by atoms with E-state index in [4.69, 9.17) is 5.26 Å². The van der Waals surface area contributed by atoms with E-state index in [1.165, 1.54) is 24.3 Å². The number of halogens is 3. The molecule has 1 aromatic carbocycles. The van der Waals surface area contributed by atoms with Gasteiger partial charge in [0.25, 0.3) is 0 Å². The Morgan fingerprint density at radius 2 is 1.80 bits per heavy atom. The van der Waals surface area contributed by atoms with Crippen LogP contribution in [0.2, 0.25) is 0 Å². The summed E-state index contributed by atoms with van der Waals surface area (Å²) in [6.07, 6.45) is -4.58. The van der Waals surface area contributed by atoms with Crippen molar-refractivity contribution in [1.82, 2.24) is 0 Å². The molecule has 3 nitrogen and oxygen atoms in total. The van der Waals surface area contributed by atoms with E-state index in [-0.39, 0.29) is 11.1 Å². The number of benzene rings is 1. The van der Waals surface area contributed by atoms with Crippen LogP contribution in [0.3, 0.4) is 0 Å². The number of hydrogen-bond donors (Lipinski definition) is 0. The second-order valence-electron chi connectivity index (χ2n) is 3.03. The minimum absolute atomic E-state index is 0.0557. The highest BCUT2D eigenvalue weighted by Crippen LogP contribution is 2.53. The number of alkyl halides is 3. The molecule has 2 rings (SSSR count). The molecule has 0 aromatic heterocycles. The molecule has 0 amide bonds. The quantitative estimate of drug-likeness (QED) is 0.704. The van der Waals surface area contributed by atoms with Crippen LogP contribution >= 0.6 is 0 Å². The normalized spacial score (nSPS) is 17.2. The average Bonchev–Trinajstić information content (AvgIpc) is 2.97. The highest BCUT2D eigenvalue weighted by molar-refractivity contribution is 5.44. The lowest BCUT2D eigenvalue weighted by atomic mass is 9.98. The SMILES string of the molecule is N#Cc1ccccc1C1(C(F)(F)F)N=N1. The minimum atomic E-state index is -4.58. The Morgan fingerprint density at radius 3 is 2.27 bits per heavy atom. The van der Waals surface area contributed by atoms with Gasteiger partial charge in [-0.3, -0.25) is 0 Å². The Kier molecular flexibility index (Phi) is 1.80. The summed E-state index contributed by atoms with van der Waals surface area (Å²) < 4.78 is 37.8. The molecule has 0 spiro atoms.